The zero-order valence-corrected chi connectivity index (χ0v) is 32.7. The molecule has 0 aliphatic carbocycles. The van der Waals surface area contributed by atoms with Crippen LogP contribution in [0.25, 0.3) is 11.2 Å². The molecule has 3 aromatic carbocycles. The molecule has 4 heterocycles. The minimum atomic E-state index is -2.99. The molecule has 0 radical (unpaired) electrons. The van der Waals surface area contributed by atoms with Crippen molar-refractivity contribution >= 4 is 47.7 Å². The van der Waals surface area contributed by atoms with Crippen molar-refractivity contribution in [1.29, 1.82) is 0 Å². The molecule has 7 rings (SSSR count). The van der Waals surface area contributed by atoms with Crippen LogP contribution >= 0.6 is 0 Å². The first-order chi connectivity index (χ1) is 25.6. The summed E-state index contributed by atoms with van der Waals surface area (Å²) in [6.07, 6.45) is -1.26. The fourth-order valence-electron chi connectivity index (χ4n) is 7.85. The molecule has 2 aromatic heterocycles. The third-order valence-electron chi connectivity index (χ3n) is 10.4. The van der Waals surface area contributed by atoms with Gasteiger partial charge in [-0.3, -0.25) is 29.3 Å². The zero-order valence-electron chi connectivity index (χ0n) is 31.7. The summed E-state index contributed by atoms with van der Waals surface area (Å²) < 4.78 is 29.1. The number of nitrogens with one attached hydrogen (secondary N) is 2. The van der Waals surface area contributed by atoms with E-state index in [1.807, 2.05) is 66.7 Å². The van der Waals surface area contributed by atoms with Crippen molar-refractivity contribution in [3.05, 3.63) is 113 Å². The number of benzene rings is 3. The largest absolute Gasteiger partial charge is 0.457 e. The summed E-state index contributed by atoms with van der Waals surface area (Å²) in [5.41, 5.74) is -1.14. The second kappa shape index (κ2) is 14.0. The molecule has 12 nitrogen and oxygen atoms in total. The first kappa shape index (κ1) is 37.4. The fraction of sp³-hybridized carbons (Fsp3) is 0.390. The molecule has 13 heteroatoms. The summed E-state index contributed by atoms with van der Waals surface area (Å²) >= 11 is 0. The number of amides is 1. The van der Waals surface area contributed by atoms with E-state index in [1.165, 1.54) is 13.3 Å². The highest BCUT2D eigenvalue weighted by Gasteiger charge is 2.64. The average Bonchev–Trinajstić information content (AvgIpc) is 3.80. The Morgan fingerprint density at radius 1 is 0.944 bits per heavy atom. The minimum absolute atomic E-state index is 0.000258. The molecule has 54 heavy (non-hydrogen) atoms. The van der Waals surface area contributed by atoms with Crippen LogP contribution in [0.2, 0.25) is 5.04 Å². The molecule has 2 fully saturated rings. The quantitative estimate of drug-likeness (QED) is 0.154. The maximum Gasteiger partial charge on any atom is 0.303 e. The number of hydrogen-bond donors (Lipinski definition) is 2. The normalized spacial score (nSPS) is 22.9. The Bertz CT molecular complexity index is 2160. The topological polar surface area (TPSA) is 147 Å². The van der Waals surface area contributed by atoms with Gasteiger partial charge in [0.1, 0.15) is 24.0 Å². The monoisotopic (exact) mass is 749 g/mol. The number of fused-ring (bicyclic) bond motifs is 2. The lowest BCUT2D eigenvalue weighted by atomic mass is 9.86. The van der Waals surface area contributed by atoms with E-state index < -0.39 is 55.4 Å². The number of carbonyl (C=O) groups is 2. The number of hydrogen-bond acceptors (Lipinski definition) is 9. The summed E-state index contributed by atoms with van der Waals surface area (Å²) in [5.74, 6) is -0.787. The summed E-state index contributed by atoms with van der Waals surface area (Å²) in [6.45, 7) is 13.4. The molecule has 0 bridgehead atoms. The molecule has 282 valence electrons. The maximum atomic E-state index is 13.1. The third-order valence-corrected chi connectivity index (χ3v) is 15.4. The molecule has 5 aromatic rings. The summed E-state index contributed by atoms with van der Waals surface area (Å²) in [7, 11) is -2.99. The van der Waals surface area contributed by atoms with E-state index in [4.69, 9.17) is 18.6 Å². The minimum Gasteiger partial charge on any atom is -0.457 e. The van der Waals surface area contributed by atoms with E-state index in [2.05, 4.69) is 65.3 Å². The molecule has 2 N–H and O–H groups in total. The molecule has 0 unspecified atom stereocenters. The SMILES string of the molecule is CC(=O)O[C@H]1[C@H]2O[C@H](n3cnc4c(=O)[nH]c(NC(=O)C(C)(C)C)nc43)C[C@]2(c2ccccc2)O[C@@H]1CO[Si](c1ccccc1)(c1ccccc1)C(C)(C)C. The van der Waals surface area contributed by atoms with Gasteiger partial charge >= 0.3 is 5.97 Å². The second-order valence-corrected chi connectivity index (χ2v) is 20.4. The lowest BCUT2D eigenvalue weighted by Crippen LogP contribution is -2.67. The van der Waals surface area contributed by atoms with E-state index >= 15 is 0 Å². The van der Waals surface area contributed by atoms with Crippen molar-refractivity contribution in [2.75, 3.05) is 11.9 Å². The lowest BCUT2D eigenvalue weighted by molar-refractivity contribution is -0.158. The van der Waals surface area contributed by atoms with Gasteiger partial charge in [-0.1, -0.05) is 133 Å². The number of anilines is 1. The Morgan fingerprint density at radius 2 is 1.54 bits per heavy atom. The van der Waals surface area contributed by atoms with Gasteiger partial charge in [0.25, 0.3) is 13.9 Å². The summed E-state index contributed by atoms with van der Waals surface area (Å²) in [5, 5.41) is 4.65. The summed E-state index contributed by atoms with van der Waals surface area (Å²) in [6, 6.07) is 30.4. The van der Waals surface area contributed by atoms with E-state index in [0.717, 1.165) is 15.9 Å². The van der Waals surface area contributed by atoms with Crippen LogP contribution in [0.3, 0.4) is 0 Å². The average molecular weight is 750 g/mol. The van der Waals surface area contributed by atoms with Crippen LogP contribution in [0.1, 0.15) is 66.7 Å². The third kappa shape index (κ3) is 6.59. The van der Waals surface area contributed by atoms with Gasteiger partial charge in [-0.2, -0.15) is 4.98 Å². The standard InChI is InChI=1S/C41H47N5O7Si/c1-26(47)51-33-30(24-50-54(40(5,6)7,28-19-13-9-14-20-28)29-21-15-10-16-22-29)53-41(27-17-11-8-12-18-27)23-31(52-34(33)41)46-25-42-32-35(46)43-38(44-36(32)48)45-37(49)39(2,3)4/h8-22,25,30-31,33-34H,23-24H2,1-7H3,(H2,43,44,45,48,49)/t30-,31+,33-,34-,41-/m1/s1. The smallest absolute Gasteiger partial charge is 0.303 e. The van der Waals surface area contributed by atoms with Gasteiger partial charge in [0, 0.05) is 18.8 Å². The number of esters is 1. The lowest BCUT2D eigenvalue weighted by Gasteiger charge is -2.43. The van der Waals surface area contributed by atoms with Crippen LogP contribution in [0.15, 0.2) is 102 Å². The predicted octanol–water partition coefficient (Wildman–Crippen LogP) is 5.19. The molecule has 0 spiro atoms. The first-order valence-electron chi connectivity index (χ1n) is 18.2. The fourth-order valence-corrected chi connectivity index (χ4v) is 12.4. The van der Waals surface area contributed by atoms with Crippen LogP contribution in [0.5, 0.6) is 0 Å². The number of imidazole rings is 1. The number of nitrogens with zero attached hydrogens (tertiary/aromatic N) is 3. The van der Waals surface area contributed by atoms with Crippen LogP contribution in [-0.4, -0.2) is 64.6 Å². The van der Waals surface area contributed by atoms with Gasteiger partial charge in [-0.05, 0) is 21.0 Å². The highest BCUT2D eigenvalue weighted by atomic mass is 28.4. The number of rotatable bonds is 9. The van der Waals surface area contributed by atoms with Gasteiger partial charge in [-0.25, -0.2) is 4.98 Å². The van der Waals surface area contributed by atoms with Crippen molar-refractivity contribution < 1.29 is 28.2 Å². The van der Waals surface area contributed by atoms with Gasteiger partial charge in [0.2, 0.25) is 11.9 Å². The number of carbonyl (C=O) groups excluding carboxylic acids is 2. The molecule has 2 saturated heterocycles. The molecule has 2 aliphatic rings. The number of aromatic nitrogens is 4. The molecule has 0 saturated carbocycles. The second-order valence-electron chi connectivity index (χ2n) is 16.1. The molecular weight excluding hydrogens is 703 g/mol. The van der Waals surface area contributed by atoms with Gasteiger partial charge in [-0.15, -0.1) is 0 Å². The first-order valence-corrected chi connectivity index (χ1v) is 20.1. The van der Waals surface area contributed by atoms with E-state index in [0.29, 0.717) is 0 Å². The van der Waals surface area contributed by atoms with Crippen molar-refractivity contribution in [1.82, 2.24) is 19.5 Å². The van der Waals surface area contributed by atoms with Crippen molar-refractivity contribution in [2.24, 2.45) is 5.41 Å². The van der Waals surface area contributed by atoms with Gasteiger partial charge in [0.15, 0.2) is 17.3 Å². The molecule has 2 aliphatic heterocycles. The molecular formula is C41H47N5O7Si. The van der Waals surface area contributed by atoms with Gasteiger partial charge in [0.05, 0.1) is 12.9 Å². The van der Waals surface area contributed by atoms with Crippen molar-refractivity contribution in [3.8, 4) is 0 Å². The zero-order chi connectivity index (χ0) is 38.5. The Balaban J connectivity index is 1.28. The Morgan fingerprint density at radius 3 is 2.09 bits per heavy atom. The van der Waals surface area contributed by atoms with Crippen LogP contribution in [0.4, 0.5) is 5.95 Å². The van der Waals surface area contributed by atoms with E-state index in [1.54, 1.807) is 25.3 Å². The van der Waals surface area contributed by atoms with E-state index in [-0.39, 0.29) is 41.1 Å². The number of aromatic amines is 1. The highest BCUT2D eigenvalue weighted by molar-refractivity contribution is 6.99. The Kier molecular flexibility index (Phi) is 9.71. The van der Waals surface area contributed by atoms with Crippen LogP contribution in [-0.2, 0) is 33.8 Å². The van der Waals surface area contributed by atoms with Crippen molar-refractivity contribution in [2.45, 2.75) is 90.1 Å². The van der Waals surface area contributed by atoms with Gasteiger partial charge < -0.3 is 18.6 Å². The Hall–Kier alpha value is -4.95. The maximum absolute atomic E-state index is 13.1. The highest BCUT2D eigenvalue weighted by Crippen LogP contribution is 2.54. The number of H-pyrrole nitrogens is 1. The van der Waals surface area contributed by atoms with Crippen LogP contribution < -0.4 is 21.2 Å². The van der Waals surface area contributed by atoms with E-state index in [9.17, 15) is 14.4 Å². The van der Waals surface area contributed by atoms with Crippen molar-refractivity contribution in [3.63, 3.8) is 0 Å². The van der Waals surface area contributed by atoms with Crippen LogP contribution in [0, 0.1) is 5.41 Å². The number of ether oxygens (including phenoxy) is 3. The predicted molar refractivity (Wildman–Crippen MR) is 207 cm³/mol. The summed E-state index contributed by atoms with van der Waals surface area (Å²) in [4.78, 5) is 50.3. The molecule has 1 amide bonds. The Labute approximate surface area is 315 Å². The molecule has 5 atom stereocenters.